The van der Waals surface area contributed by atoms with Gasteiger partial charge in [0.15, 0.2) is 5.82 Å². The molecular weight excluding hydrogens is 262 g/mol. The molecule has 0 bridgehead atoms. The van der Waals surface area contributed by atoms with Gasteiger partial charge in [-0.15, -0.1) is 0 Å². The summed E-state index contributed by atoms with van der Waals surface area (Å²) in [6.07, 6.45) is 5.93. The molecule has 1 aromatic heterocycles. The summed E-state index contributed by atoms with van der Waals surface area (Å²) in [6, 6.07) is 6.54. The maximum atomic E-state index is 6.36. The van der Waals surface area contributed by atoms with Crippen LogP contribution < -0.4 is 5.73 Å². The van der Waals surface area contributed by atoms with E-state index in [1.54, 1.807) is 0 Å². The average Bonchev–Trinajstić information content (AvgIpc) is 3.08. The fourth-order valence-electron chi connectivity index (χ4n) is 3.16. The highest BCUT2D eigenvalue weighted by atomic mass is 16.5. The summed E-state index contributed by atoms with van der Waals surface area (Å²) in [5.74, 6) is 1.39. The van der Waals surface area contributed by atoms with Gasteiger partial charge in [-0.25, -0.2) is 0 Å². The van der Waals surface area contributed by atoms with Crippen molar-refractivity contribution >= 4 is 0 Å². The van der Waals surface area contributed by atoms with E-state index in [9.17, 15) is 0 Å². The molecule has 1 aliphatic rings. The number of aromatic nitrogens is 2. The van der Waals surface area contributed by atoms with Crippen LogP contribution in [0.1, 0.15) is 54.1 Å². The molecule has 1 aromatic carbocycles. The van der Waals surface area contributed by atoms with Crippen LogP contribution in [0.2, 0.25) is 0 Å². The van der Waals surface area contributed by atoms with Crippen LogP contribution in [0.25, 0.3) is 0 Å². The number of hydrogen-bond donors (Lipinski definition) is 1. The Hall–Kier alpha value is -1.68. The van der Waals surface area contributed by atoms with Crippen LogP contribution in [0.4, 0.5) is 0 Å². The van der Waals surface area contributed by atoms with E-state index in [2.05, 4.69) is 42.2 Å². The Bertz CT molecular complexity index is 627. The lowest BCUT2D eigenvalue weighted by Crippen LogP contribution is -2.34. The smallest absolute Gasteiger partial charge is 0.227 e. The molecule has 1 heterocycles. The maximum Gasteiger partial charge on any atom is 0.227 e. The molecule has 1 saturated carbocycles. The highest BCUT2D eigenvalue weighted by molar-refractivity contribution is 5.30. The van der Waals surface area contributed by atoms with E-state index in [-0.39, 0.29) is 5.54 Å². The van der Waals surface area contributed by atoms with Crippen LogP contribution in [0.3, 0.4) is 0 Å². The largest absolute Gasteiger partial charge is 0.339 e. The lowest BCUT2D eigenvalue weighted by Gasteiger charge is -2.17. The summed E-state index contributed by atoms with van der Waals surface area (Å²) >= 11 is 0. The summed E-state index contributed by atoms with van der Waals surface area (Å²) in [5.41, 5.74) is 9.95. The topological polar surface area (TPSA) is 64.9 Å². The summed E-state index contributed by atoms with van der Waals surface area (Å²) in [7, 11) is 0. The van der Waals surface area contributed by atoms with E-state index in [4.69, 9.17) is 10.3 Å². The quantitative estimate of drug-likeness (QED) is 0.937. The summed E-state index contributed by atoms with van der Waals surface area (Å²) in [6.45, 7) is 4.26. The number of nitrogens with two attached hydrogens (primary N) is 1. The van der Waals surface area contributed by atoms with Crippen molar-refractivity contribution in [2.24, 2.45) is 5.73 Å². The molecular formula is C17H23N3O. The van der Waals surface area contributed by atoms with Crippen molar-refractivity contribution in [1.29, 1.82) is 0 Å². The molecule has 3 rings (SSSR count). The number of aryl methyl sites for hydroxylation is 4. The molecule has 2 N–H and O–H groups in total. The minimum Gasteiger partial charge on any atom is -0.339 e. The van der Waals surface area contributed by atoms with Crippen molar-refractivity contribution < 1.29 is 4.52 Å². The predicted molar refractivity (Wildman–Crippen MR) is 82.0 cm³/mol. The van der Waals surface area contributed by atoms with Gasteiger partial charge in [-0.2, -0.15) is 4.98 Å². The van der Waals surface area contributed by atoms with Gasteiger partial charge in [0.25, 0.3) is 0 Å². The number of benzene rings is 1. The maximum absolute atomic E-state index is 6.36. The Morgan fingerprint density at radius 3 is 2.67 bits per heavy atom. The molecule has 0 atom stereocenters. The van der Waals surface area contributed by atoms with Crippen LogP contribution >= 0.6 is 0 Å². The van der Waals surface area contributed by atoms with E-state index < -0.39 is 0 Å². The standard InChI is InChI=1S/C17H23N3O/c1-12-5-6-14(13(2)11-12)7-8-15-19-16(20-21-15)17(18)9-3-4-10-17/h5-6,11H,3-4,7-10,18H2,1-2H3. The summed E-state index contributed by atoms with van der Waals surface area (Å²) < 4.78 is 5.39. The first-order chi connectivity index (χ1) is 10.1. The van der Waals surface area contributed by atoms with E-state index in [0.29, 0.717) is 11.7 Å². The van der Waals surface area contributed by atoms with Crippen LogP contribution in [-0.4, -0.2) is 10.1 Å². The van der Waals surface area contributed by atoms with Gasteiger partial charge in [0.2, 0.25) is 5.89 Å². The molecule has 0 unspecified atom stereocenters. The van der Waals surface area contributed by atoms with Crippen molar-refractivity contribution in [3.8, 4) is 0 Å². The first-order valence-corrected chi connectivity index (χ1v) is 7.75. The minimum absolute atomic E-state index is 0.360. The second kappa shape index (κ2) is 5.60. The SMILES string of the molecule is Cc1ccc(CCc2nc(C3(N)CCCC3)no2)c(C)c1. The van der Waals surface area contributed by atoms with Crippen molar-refractivity contribution in [3.05, 3.63) is 46.6 Å². The van der Waals surface area contributed by atoms with E-state index >= 15 is 0 Å². The minimum atomic E-state index is -0.360. The second-order valence-electron chi connectivity index (χ2n) is 6.30. The normalized spacial score (nSPS) is 17.3. The molecule has 1 aliphatic carbocycles. The van der Waals surface area contributed by atoms with E-state index in [1.165, 1.54) is 16.7 Å². The summed E-state index contributed by atoms with van der Waals surface area (Å²) in [4.78, 5) is 4.52. The first kappa shape index (κ1) is 14.3. The Morgan fingerprint density at radius 2 is 1.95 bits per heavy atom. The van der Waals surface area contributed by atoms with Crippen LogP contribution in [0.15, 0.2) is 22.7 Å². The third kappa shape index (κ3) is 3.00. The van der Waals surface area contributed by atoms with Crippen LogP contribution in [0, 0.1) is 13.8 Å². The van der Waals surface area contributed by atoms with Gasteiger partial charge < -0.3 is 10.3 Å². The average molecular weight is 285 g/mol. The predicted octanol–water partition coefficient (Wildman–Crippen LogP) is 3.20. The molecule has 0 aliphatic heterocycles. The van der Waals surface area contributed by atoms with Gasteiger partial charge in [0.1, 0.15) is 0 Å². The van der Waals surface area contributed by atoms with Gasteiger partial charge in [-0.05, 0) is 44.2 Å². The third-order valence-corrected chi connectivity index (χ3v) is 4.52. The van der Waals surface area contributed by atoms with Gasteiger partial charge in [0, 0.05) is 6.42 Å². The fourth-order valence-corrected chi connectivity index (χ4v) is 3.16. The molecule has 0 saturated heterocycles. The molecule has 0 spiro atoms. The zero-order chi connectivity index (χ0) is 14.9. The van der Waals surface area contributed by atoms with E-state index in [1.807, 2.05) is 0 Å². The van der Waals surface area contributed by atoms with Gasteiger partial charge in [-0.1, -0.05) is 41.8 Å². The van der Waals surface area contributed by atoms with Gasteiger partial charge in [-0.3, -0.25) is 0 Å². The van der Waals surface area contributed by atoms with Crippen molar-refractivity contribution in [3.63, 3.8) is 0 Å². The lowest BCUT2D eigenvalue weighted by atomic mass is 9.98. The van der Waals surface area contributed by atoms with Crippen LogP contribution in [-0.2, 0) is 18.4 Å². The van der Waals surface area contributed by atoms with E-state index in [0.717, 1.165) is 38.5 Å². The molecule has 4 heteroatoms. The monoisotopic (exact) mass is 285 g/mol. The number of nitrogens with zero attached hydrogens (tertiary/aromatic N) is 2. The van der Waals surface area contributed by atoms with Crippen molar-refractivity contribution in [2.45, 2.75) is 57.9 Å². The molecule has 1 fully saturated rings. The molecule has 4 nitrogen and oxygen atoms in total. The Kier molecular flexibility index (Phi) is 3.81. The number of rotatable bonds is 4. The molecule has 0 amide bonds. The van der Waals surface area contributed by atoms with Crippen molar-refractivity contribution in [1.82, 2.24) is 10.1 Å². The van der Waals surface area contributed by atoms with Gasteiger partial charge >= 0.3 is 0 Å². The zero-order valence-corrected chi connectivity index (χ0v) is 12.9. The second-order valence-corrected chi connectivity index (χ2v) is 6.30. The lowest BCUT2D eigenvalue weighted by molar-refractivity contribution is 0.348. The first-order valence-electron chi connectivity index (χ1n) is 7.75. The zero-order valence-electron chi connectivity index (χ0n) is 12.9. The Morgan fingerprint density at radius 1 is 1.19 bits per heavy atom. The fraction of sp³-hybridized carbons (Fsp3) is 0.529. The molecule has 21 heavy (non-hydrogen) atoms. The van der Waals surface area contributed by atoms with Crippen LogP contribution in [0.5, 0.6) is 0 Å². The molecule has 2 aromatic rings. The molecule has 0 radical (unpaired) electrons. The number of hydrogen-bond acceptors (Lipinski definition) is 4. The summed E-state index contributed by atoms with van der Waals surface area (Å²) in [5, 5.41) is 4.11. The Balaban J connectivity index is 1.67. The third-order valence-electron chi connectivity index (χ3n) is 4.52. The van der Waals surface area contributed by atoms with Crippen molar-refractivity contribution in [2.75, 3.05) is 0 Å². The highest BCUT2D eigenvalue weighted by Crippen LogP contribution is 2.34. The Labute approximate surface area is 125 Å². The highest BCUT2D eigenvalue weighted by Gasteiger charge is 2.35. The van der Waals surface area contributed by atoms with Gasteiger partial charge in [0.05, 0.1) is 5.54 Å². The molecule has 112 valence electrons.